The van der Waals surface area contributed by atoms with E-state index in [1.54, 1.807) is 33.4 Å². The van der Waals surface area contributed by atoms with E-state index in [0.717, 1.165) is 46.4 Å². The Balaban J connectivity index is 0.00000539. The monoisotopic (exact) mass is 951 g/mol. The summed E-state index contributed by atoms with van der Waals surface area (Å²) < 4.78 is 90.1. The largest absolute Gasteiger partial charge is 0.510 e. The molecule has 0 amide bonds. The number of aromatic nitrogens is 4. The minimum absolute atomic E-state index is 0. The number of nitrogens with zero attached hydrogens (tertiary/aromatic N) is 5. The van der Waals surface area contributed by atoms with Gasteiger partial charge in [0.15, 0.2) is 0 Å². The van der Waals surface area contributed by atoms with E-state index in [2.05, 4.69) is 46.1 Å². The number of benzene rings is 7. The number of pyridine rings is 1. The number of hydrogen-bond acceptors (Lipinski definition) is 3. The van der Waals surface area contributed by atoms with Gasteiger partial charge in [-0.3, -0.25) is 4.57 Å². The summed E-state index contributed by atoms with van der Waals surface area (Å²) in [6, 6.07) is 38.5. The van der Waals surface area contributed by atoms with Crippen molar-refractivity contribution in [2.75, 3.05) is 18.0 Å². The van der Waals surface area contributed by atoms with E-state index < -0.39 is 30.2 Å². The molecular formula is C52H37N5OPt-2. The molecule has 0 radical (unpaired) electrons. The van der Waals surface area contributed by atoms with Crippen molar-refractivity contribution in [2.24, 2.45) is 0 Å². The van der Waals surface area contributed by atoms with Crippen LogP contribution in [-0.4, -0.2) is 27.2 Å². The summed E-state index contributed by atoms with van der Waals surface area (Å²) in [7, 11) is 0. The molecule has 0 aliphatic carbocycles. The fraction of sp³-hybridized carbons (Fsp3) is 0.0769. The number of ether oxygens (including phenoxy) is 1. The van der Waals surface area contributed by atoms with E-state index in [-0.39, 0.29) is 73.2 Å². The molecule has 59 heavy (non-hydrogen) atoms. The summed E-state index contributed by atoms with van der Waals surface area (Å²) in [4.78, 5) is 7.28. The number of imidazole rings is 1. The van der Waals surface area contributed by atoms with Crippen LogP contribution in [0.4, 0.5) is 5.69 Å². The standard InChI is InChI=1S/C52H37N5O.Pt/c1-3-15-37(16-4-1)43-22-14-23-44(38-17-5-2-6-18-38)52(43)56-36-55(48-25-9-10-26-49(48)56)39-19-13-20-41(33-39)58-42-28-29-46-45-21-7-8-24-47(45)57(50(46)34-42)51-30-27-40(35-53-51)54-31-11-12-32-54;/h1-10,13-30,35H,11-12,31-32H2;/q-2;/i1D,2D,3D,4D,5D,15D,16D,17D,18D;. The van der Waals surface area contributed by atoms with Gasteiger partial charge in [0, 0.05) is 51.2 Å². The van der Waals surface area contributed by atoms with E-state index in [0.29, 0.717) is 28.2 Å². The molecule has 0 N–H and O–H groups in total. The maximum Gasteiger partial charge on any atom is 0.268 e. The zero-order valence-corrected chi connectivity index (χ0v) is 33.6. The molecule has 1 aliphatic rings. The molecule has 7 heteroatoms. The fourth-order valence-electron chi connectivity index (χ4n) is 7.99. The van der Waals surface area contributed by atoms with Crippen molar-refractivity contribution in [1.29, 1.82) is 0 Å². The molecule has 0 saturated carbocycles. The summed E-state index contributed by atoms with van der Waals surface area (Å²) >= 11 is 0. The van der Waals surface area contributed by atoms with E-state index >= 15 is 0 Å². The number of rotatable bonds is 8. The summed E-state index contributed by atoms with van der Waals surface area (Å²) in [5.74, 6) is 1.61. The van der Waals surface area contributed by atoms with Crippen molar-refractivity contribution in [3.63, 3.8) is 0 Å². The number of anilines is 1. The Bertz CT molecular complexity index is 3620. The van der Waals surface area contributed by atoms with Crippen LogP contribution in [0.2, 0.25) is 0 Å². The molecule has 1 aliphatic heterocycles. The molecule has 3 aromatic heterocycles. The quantitative estimate of drug-likeness (QED) is 0.113. The summed E-state index contributed by atoms with van der Waals surface area (Å²) in [5, 5.41) is 2.06. The predicted molar refractivity (Wildman–Crippen MR) is 232 cm³/mol. The van der Waals surface area contributed by atoms with E-state index in [9.17, 15) is 0 Å². The zero-order chi connectivity index (χ0) is 46.2. The van der Waals surface area contributed by atoms with Gasteiger partial charge < -0.3 is 18.8 Å². The number of fused-ring (bicyclic) bond motifs is 4. The molecule has 1 fully saturated rings. The van der Waals surface area contributed by atoms with Gasteiger partial charge in [-0.2, -0.15) is 18.2 Å². The molecule has 0 spiro atoms. The second kappa shape index (κ2) is 15.5. The van der Waals surface area contributed by atoms with E-state index in [4.69, 9.17) is 22.1 Å². The summed E-state index contributed by atoms with van der Waals surface area (Å²) in [6.45, 7) is 2.06. The normalized spacial score (nSPS) is 14.8. The van der Waals surface area contributed by atoms with Gasteiger partial charge in [0.2, 0.25) is 0 Å². The van der Waals surface area contributed by atoms with E-state index in [1.807, 2.05) is 72.9 Å². The zero-order valence-electron chi connectivity index (χ0n) is 40.3. The van der Waals surface area contributed by atoms with Crippen molar-refractivity contribution in [1.82, 2.24) is 14.1 Å². The van der Waals surface area contributed by atoms with Gasteiger partial charge in [-0.1, -0.05) is 127 Å². The maximum absolute atomic E-state index is 8.98. The molecule has 6 nitrogen and oxygen atoms in total. The van der Waals surface area contributed by atoms with Crippen molar-refractivity contribution in [2.45, 2.75) is 12.8 Å². The third-order valence-electron chi connectivity index (χ3n) is 10.6. The van der Waals surface area contributed by atoms with Gasteiger partial charge in [-0.05, 0) is 64.4 Å². The molecule has 0 unspecified atom stereocenters. The molecule has 4 heterocycles. The molecule has 1 saturated heterocycles. The SMILES string of the molecule is [2H]c1cc([2H])c(-c2cccc(-c3c([2H])c([2H])c([2H])c([2H])c3[2H])c2-[n+]2[c-]n(-c3[c-]c(Oc4[c-]c5c(cc4)c4ccccc4n5-c4ccc(N5CCCC5)cn4)ccc3)c3ccccc32)c([2H])c1[2H].[Pt]. The molecule has 0 atom stereocenters. The van der Waals surface area contributed by atoms with Crippen LogP contribution >= 0.6 is 0 Å². The first-order chi connectivity index (χ1) is 32.5. The molecule has 10 aromatic rings. The van der Waals surface area contributed by atoms with Crippen LogP contribution in [-0.2, 0) is 21.1 Å². The van der Waals surface area contributed by atoms with Crippen molar-refractivity contribution >= 4 is 38.5 Å². The Labute approximate surface area is 370 Å². The summed E-state index contributed by atoms with van der Waals surface area (Å²) in [6.07, 6.45) is 7.72. The van der Waals surface area contributed by atoms with Crippen LogP contribution in [0.1, 0.15) is 25.2 Å². The van der Waals surface area contributed by atoms with Crippen molar-refractivity contribution in [3.8, 4) is 50.9 Å². The average molecular weight is 952 g/mol. The minimum atomic E-state index is -0.545. The first kappa shape index (κ1) is 27.8. The Morgan fingerprint density at radius 2 is 1.36 bits per heavy atom. The minimum Gasteiger partial charge on any atom is -0.510 e. The van der Waals surface area contributed by atoms with Crippen LogP contribution < -0.4 is 14.2 Å². The molecule has 288 valence electrons. The predicted octanol–water partition coefficient (Wildman–Crippen LogP) is 11.5. The molecule has 0 bridgehead atoms. The Kier molecular flexibility index (Phi) is 7.32. The first-order valence-electron chi connectivity index (χ1n) is 23.6. The van der Waals surface area contributed by atoms with Crippen LogP contribution in [0.15, 0.2) is 176 Å². The number of hydrogen-bond donors (Lipinski definition) is 0. The maximum atomic E-state index is 8.98. The van der Waals surface area contributed by atoms with Gasteiger partial charge >= 0.3 is 0 Å². The van der Waals surface area contributed by atoms with Crippen LogP contribution in [0.25, 0.3) is 72.3 Å². The smallest absolute Gasteiger partial charge is 0.268 e. The van der Waals surface area contributed by atoms with Crippen LogP contribution in [0.3, 0.4) is 0 Å². The summed E-state index contributed by atoms with van der Waals surface area (Å²) in [5.41, 5.74) is 5.33. The van der Waals surface area contributed by atoms with Gasteiger partial charge in [-0.15, -0.1) is 29.7 Å². The third kappa shape index (κ3) is 6.60. The molecule has 7 aromatic carbocycles. The second-order valence-electron chi connectivity index (χ2n) is 14.0. The molecular weight excluding hydrogens is 906 g/mol. The topological polar surface area (TPSA) is 39.1 Å². The van der Waals surface area contributed by atoms with Gasteiger partial charge in [0.1, 0.15) is 5.82 Å². The van der Waals surface area contributed by atoms with Crippen molar-refractivity contribution < 1.29 is 42.7 Å². The Morgan fingerprint density at radius 1 is 0.627 bits per heavy atom. The second-order valence-corrected chi connectivity index (χ2v) is 14.0. The van der Waals surface area contributed by atoms with Crippen LogP contribution in [0, 0.1) is 18.5 Å². The fourth-order valence-corrected chi connectivity index (χ4v) is 7.99. The van der Waals surface area contributed by atoms with Gasteiger partial charge in [0.05, 0.1) is 40.9 Å². The average Bonchev–Trinajstić information content (AvgIpc) is 4.10. The first-order valence-corrected chi connectivity index (χ1v) is 19.1. The van der Waals surface area contributed by atoms with Gasteiger partial charge in [-0.25, -0.2) is 4.98 Å². The van der Waals surface area contributed by atoms with Crippen molar-refractivity contribution in [3.05, 3.63) is 194 Å². The number of para-hydroxylation sites is 4. The van der Waals surface area contributed by atoms with Crippen LogP contribution in [0.5, 0.6) is 11.5 Å². The Hall–Kier alpha value is -6.75. The molecule has 11 rings (SSSR count). The Morgan fingerprint density at radius 3 is 2.17 bits per heavy atom. The third-order valence-corrected chi connectivity index (χ3v) is 10.6. The van der Waals surface area contributed by atoms with Gasteiger partial charge in [0.25, 0.3) is 6.33 Å². The van der Waals surface area contributed by atoms with E-state index in [1.165, 1.54) is 18.9 Å².